The minimum atomic E-state index is -0.843. The Morgan fingerprint density at radius 3 is 2.70 bits per heavy atom. The van der Waals surface area contributed by atoms with Gasteiger partial charge in [0.2, 0.25) is 0 Å². The summed E-state index contributed by atoms with van der Waals surface area (Å²) in [6.45, 7) is 5.51. The van der Waals surface area contributed by atoms with Crippen molar-refractivity contribution < 1.29 is 14.7 Å². The number of carboxylic acids is 1. The number of carbonyl (C=O) groups excluding carboxylic acids is 1. The van der Waals surface area contributed by atoms with Crippen LogP contribution in [-0.2, 0) is 4.79 Å². The summed E-state index contributed by atoms with van der Waals surface area (Å²) >= 11 is 0. The zero-order valence-electron chi connectivity index (χ0n) is 12.7. The summed E-state index contributed by atoms with van der Waals surface area (Å²) in [5.41, 5.74) is 0. The molecule has 0 radical (unpaired) electrons. The van der Waals surface area contributed by atoms with Crippen molar-refractivity contribution in [3.63, 3.8) is 0 Å². The summed E-state index contributed by atoms with van der Waals surface area (Å²) in [6, 6.07) is -0.735. The van der Waals surface area contributed by atoms with Crippen molar-refractivity contribution in [1.29, 1.82) is 0 Å². The molecule has 1 saturated carbocycles. The van der Waals surface area contributed by atoms with E-state index in [2.05, 4.69) is 13.8 Å². The molecule has 2 aliphatic rings. The number of amides is 2. The fraction of sp³-hybridized carbons (Fsp3) is 0.867. The Bertz CT molecular complexity index is 385. The number of aliphatic carboxylic acids is 1. The van der Waals surface area contributed by atoms with Gasteiger partial charge in [0.25, 0.3) is 0 Å². The smallest absolute Gasteiger partial charge is 0.326 e. The van der Waals surface area contributed by atoms with Gasteiger partial charge in [0.15, 0.2) is 0 Å². The largest absolute Gasteiger partial charge is 0.480 e. The Morgan fingerprint density at radius 1 is 1.40 bits per heavy atom. The molecule has 2 rings (SSSR count). The molecule has 0 aromatic heterocycles. The van der Waals surface area contributed by atoms with Crippen LogP contribution in [0.2, 0.25) is 0 Å². The Kier molecular flexibility index (Phi) is 4.55. The first-order chi connectivity index (χ1) is 9.45. The van der Waals surface area contributed by atoms with Gasteiger partial charge in [-0.2, -0.15) is 0 Å². The minimum Gasteiger partial charge on any atom is -0.480 e. The number of carboxylic acid groups (broad SMARTS) is 1. The first-order valence-electron chi connectivity index (χ1n) is 7.70. The van der Waals surface area contributed by atoms with E-state index in [4.69, 9.17) is 0 Å². The van der Waals surface area contributed by atoms with E-state index in [1.165, 1.54) is 0 Å². The van der Waals surface area contributed by atoms with Gasteiger partial charge in [-0.1, -0.05) is 26.7 Å². The highest BCUT2D eigenvalue weighted by Crippen LogP contribution is 2.42. The molecule has 4 atom stereocenters. The number of urea groups is 1. The van der Waals surface area contributed by atoms with E-state index in [-0.39, 0.29) is 11.9 Å². The number of hydrogen-bond donors (Lipinski definition) is 1. The molecule has 4 unspecified atom stereocenters. The molecule has 114 valence electrons. The Morgan fingerprint density at radius 2 is 2.10 bits per heavy atom. The summed E-state index contributed by atoms with van der Waals surface area (Å²) < 4.78 is 0. The van der Waals surface area contributed by atoms with Crippen molar-refractivity contribution in [1.82, 2.24) is 9.80 Å². The lowest BCUT2D eigenvalue weighted by atomic mass is 9.94. The van der Waals surface area contributed by atoms with E-state index >= 15 is 0 Å². The average Bonchev–Trinajstić information content (AvgIpc) is 2.96. The normalized spacial score (nSPS) is 30.1. The van der Waals surface area contributed by atoms with Crippen LogP contribution in [0.25, 0.3) is 0 Å². The van der Waals surface area contributed by atoms with Gasteiger partial charge in [-0.15, -0.1) is 0 Å². The number of carbonyl (C=O) groups is 2. The Hall–Kier alpha value is -1.26. The van der Waals surface area contributed by atoms with E-state index < -0.39 is 12.0 Å². The molecule has 1 heterocycles. The highest BCUT2D eigenvalue weighted by molar-refractivity contribution is 5.83. The molecule has 0 bridgehead atoms. The third kappa shape index (κ3) is 2.76. The molecule has 20 heavy (non-hydrogen) atoms. The van der Waals surface area contributed by atoms with Crippen LogP contribution in [0.1, 0.15) is 39.5 Å². The summed E-state index contributed by atoms with van der Waals surface area (Å²) in [5.74, 6) is 0.143. The predicted octanol–water partition coefficient (Wildman–Crippen LogP) is 2.27. The number of rotatable bonds is 4. The highest BCUT2D eigenvalue weighted by atomic mass is 16.4. The van der Waals surface area contributed by atoms with Gasteiger partial charge >= 0.3 is 12.0 Å². The maximum absolute atomic E-state index is 12.5. The van der Waals surface area contributed by atoms with E-state index in [1.807, 2.05) is 0 Å². The Labute approximate surface area is 120 Å². The predicted molar refractivity (Wildman–Crippen MR) is 76.4 cm³/mol. The lowest BCUT2D eigenvalue weighted by Gasteiger charge is -2.30. The SMILES string of the molecule is CCC(C)CN(C)C(=O)N1CC2CCCC2C1C(=O)O. The van der Waals surface area contributed by atoms with Crippen LogP contribution in [0.4, 0.5) is 4.79 Å². The zero-order valence-corrected chi connectivity index (χ0v) is 12.7. The fourth-order valence-electron chi connectivity index (χ4n) is 3.71. The molecular formula is C15H26N2O3. The summed E-state index contributed by atoms with van der Waals surface area (Å²) in [4.78, 5) is 27.4. The standard InChI is InChI=1S/C15H26N2O3/c1-4-10(2)8-16(3)15(20)17-9-11-6-5-7-12(11)13(17)14(18)19/h10-13H,4-9H2,1-3H3,(H,18,19). The van der Waals surface area contributed by atoms with Crippen molar-refractivity contribution >= 4 is 12.0 Å². The van der Waals surface area contributed by atoms with Crippen molar-refractivity contribution in [2.75, 3.05) is 20.1 Å². The summed E-state index contributed by atoms with van der Waals surface area (Å²) in [6.07, 6.45) is 4.13. The summed E-state index contributed by atoms with van der Waals surface area (Å²) in [7, 11) is 1.78. The van der Waals surface area contributed by atoms with Gasteiger partial charge in [0.05, 0.1) is 0 Å². The van der Waals surface area contributed by atoms with E-state index in [9.17, 15) is 14.7 Å². The molecular weight excluding hydrogens is 256 g/mol. The van der Waals surface area contributed by atoms with Gasteiger partial charge < -0.3 is 14.9 Å². The number of hydrogen-bond acceptors (Lipinski definition) is 2. The third-order valence-corrected chi connectivity index (χ3v) is 5.00. The van der Waals surface area contributed by atoms with Crippen LogP contribution in [0.5, 0.6) is 0 Å². The van der Waals surface area contributed by atoms with E-state index in [0.717, 1.165) is 25.7 Å². The number of fused-ring (bicyclic) bond motifs is 1. The molecule has 1 saturated heterocycles. The van der Waals surface area contributed by atoms with Gasteiger partial charge in [-0.3, -0.25) is 0 Å². The van der Waals surface area contributed by atoms with Crippen LogP contribution in [0.3, 0.4) is 0 Å². The molecule has 0 aromatic carbocycles. The Balaban J connectivity index is 2.06. The quantitative estimate of drug-likeness (QED) is 0.860. The molecule has 2 amide bonds. The van der Waals surface area contributed by atoms with Crippen LogP contribution >= 0.6 is 0 Å². The molecule has 5 nitrogen and oxygen atoms in total. The second kappa shape index (κ2) is 6.02. The van der Waals surface area contributed by atoms with Gasteiger partial charge in [-0.25, -0.2) is 9.59 Å². The molecule has 5 heteroatoms. The van der Waals surface area contributed by atoms with Crippen molar-refractivity contribution in [2.24, 2.45) is 17.8 Å². The van der Waals surface area contributed by atoms with Crippen LogP contribution < -0.4 is 0 Å². The lowest BCUT2D eigenvalue weighted by molar-refractivity contribution is -0.142. The second-order valence-electron chi connectivity index (χ2n) is 6.47. The van der Waals surface area contributed by atoms with E-state index in [0.29, 0.717) is 24.9 Å². The maximum Gasteiger partial charge on any atom is 0.326 e. The van der Waals surface area contributed by atoms with E-state index in [1.54, 1.807) is 16.8 Å². The first-order valence-corrected chi connectivity index (χ1v) is 7.70. The minimum absolute atomic E-state index is 0.118. The lowest BCUT2D eigenvalue weighted by Crippen LogP contribution is -2.49. The molecule has 2 fully saturated rings. The van der Waals surface area contributed by atoms with Crippen molar-refractivity contribution in [2.45, 2.75) is 45.6 Å². The molecule has 1 aliphatic carbocycles. The van der Waals surface area contributed by atoms with Crippen LogP contribution in [0, 0.1) is 17.8 Å². The molecule has 1 N–H and O–H groups in total. The first kappa shape index (κ1) is 15.1. The third-order valence-electron chi connectivity index (χ3n) is 5.00. The van der Waals surface area contributed by atoms with Crippen LogP contribution in [-0.4, -0.2) is 53.1 Å². The zero-order chi connectivity index (χ0) is 14.9. The van der Waals surface area contributed by atoms with Gasteiger partial charge in [0.1, 0.15) is 6.04 Å². The fourth-order valence-corrected chi connectivity index (χ4v) is 3.71. The average molecular weight is 282 g/mol. The summed E-state index contributed by atoms with van der Waals surface area (Å²) in [5, 5.41) is 9.48. The molecule has 0 spiro atoms. The van der Waals surface area contributed by atoms with Gasteiger partial charge in [0, 0.05) is 20.1 Å². The van der Waals surface area contributed by atoms with Crippen molar-refractivity contribution in [3.05, 3.63) is 0 Å². The topological polar surface area (TPSA) is 60.9 Å². The number of likely N-dealkylation sites (tertiary alicyclic amines) is 1. The van der Waals surface area contributed by atoms with Crippen molar-refractivity contribution in [3.8, 4) is 0 Å². The highest BCUT2D eigenvalue weighted by Gasteiger charge is 2.50. The number of nitrogens with zero attached hydrogens (tertiary/aromatic N) is 2. The second-order valence-corrected chi connectivity index (χ2v) is 6.47. The molecule has 1 aliphatic heterocycles. The molecule has 0 aromatic rings. The monoisotopic (exact) mass is 282 g/mol. The van der Waals surface area contributed by atoms with Gasteiger partial charge in [-0.05, 0) is 30.6 Å². The maximum atomic E-state index is 12.5. The van der Waals surface area contributed by atoms with Crippen LogP contribution in [0.15, 0.2) is 0 Å².